The van der Waals surface area contributed by atoms with E-state index in [0.29, 0.717) is 11.8 Å². The van der Waals surface area contributed by atoms with Crippen LogP contribution in [0.1, 0.15) is 22.6 Å². The summed E-state index contributed by atoms with van der Waals surface area (Å²) in [6.45, 7) is 0. The summed E-state index contributed by atoms with van der Waals surface area (Å²) in [7, 11) is 0. The zero-order chi connectivity index (χ0) is 30.5. The van der Waals surface area contributed by atoms with Crippen molar-refractivity contribution in [2.24, 2.45) is 17.8 Å². The highest BCUT2D eigenvalue weighted by atomic mass is 14.4. The number of allylic oxidation sites excluding steroid dienone is 9. The minimum Gasteiger partial charge on any atom is -0.0761 e. The second kappa shape index (κ2) is 11.2. The lowest BCUT2D eigenvalue weighted by molar-refractivity contribution is 0.632. The van der Waals surface area contributed by atoms with E-state index in [1.807, 2.05) is 0 Å². The number of rotatable bonds is 4. The Morgan fingerprint density at radius 1 is 0.370 bits per heavy atom. The van der Waals surface area contributed by atoms with Crippen molar-refractivity contribution in [2.45, 2.75) is 5.92 Å². The Labute approximate surface area is 271 Å². The van der Waals surface area contributed by atoms with Crippen molar-refractivity contribution in [3.05, 3.63) is 209 Å². The number of hydrogen-bond acceptors (Lipinski definition) is 0. The van der Waals surface area contributed by atoms with Gasteiger partial charge in [-0.15, -0.1) is 0 Å². The second-order valence-corrected chi connectivity index (χ2v) is 12.7. The molecule has 0 aliphatic heterocycles. The van der Waals surface area contributed by atoms with E-state index in [2.05, 4.69) is 182 Å². The van der Waals surface area contributed by atoms with E-state index in [0.717, 1.165) is 0 Å². The molecule has 9 rings (SSSR count). The first-order chi connectivity index (χ1) is 22.8. The van der Waals surface area contributed by atoms with E-state index >= 15 is 0 Å². The molecular formula is C46H34. The molecule has 4 atom stereocenters. The summed E-state index contributed by atoms with van der Waals surface area (Å²) in [5.74, 6) is 1.16. The lowest BCUT2D eigenvalue weighted by atomic mass is 9.64. The topological polar surface area (TPSA) is 0 Å². The minimum absolute atomic E-state index is 0.237. The average molecular weight is 587 g/mol. The van der Waals surface area contributed by atoms with Crippen molar-refractivity contribution >= 4 is 17.2 Å². The molecule has 0 aromatic heterocycles. The molecule has 4 aliphatic rings. The van der Waals surface area contributed by atoms with Crippen LogP contribution in [0.25, 0.3) is 39.5 Å². The van der Waals surface area contributed by atoms with E-state index in [1.54, 1.807) is 0 Å². The van der Waals surface area contributed by atoms with Gasteiger partial charge in [-0.25, -0.2) is 0 Å². The highest BCUT2D eigenvalue weighted by Crippen LogP contribution is 2.49. The fourth-order valence-electron chi connectivity index (χ4n) is 8.27. The van der Waals surface area contributed by atoms with Crippen LogP contribution in [0.15, 0.2) is 182 Å². The zero-order valence-corrected chi connectivity index (χ0v) is 25.6. The van der Waals surface area contributed by atoms with E-state index in [1.165, 1.54) is 66.1 Å². The predicted octanol–water partition coefficient (Wildman–Crippen LogP) is 9.67. The third-order valence-corrected chi connectivity index (χ3v) is 10.3. The Morgan fingerprint density at radius 2 is 0.913 bits per heavy atom. The summed E-state index contributed by atoms with van der Waals surface area (Å²) < 4.78 is 0. The molecule has 0 heteroatoms. The quantitative estimate of drug-likeness (QED) is 0.197. The Balaban J connectivity index is 1.33. The maximum atomic E-state index is 2.49. The van der Waals surface area contributed by atoms with Crippen molar-refractivity contribution in [2.75, 3.05) is 0 Å². The Kier molecular flexibility index (Phi) is 6.53. The molecule has 0 fully saturated rings. The van der Waals surface area contributed by atoms with E-state index in [4.69, 9.17) is 0 Å². The molecule has 218 valence electrons. The maximum Gasteiger partial charge on any atom is 0.0137 e. The molecule has 0 saturated carbocycles. The van der Waals surface area contributed by atoms with Crippen molar-refractivity contribution in [3.63, 3.8) is 0 Å². The van der Waals surface area contributed by atoms with Gasteiger partial charge in [-0.3, -0.25) is 0 Å². The van der Waals surface area contributed by atoms with Gasteiger partial charge >= 0.3 is 0 Å². The van der Waals surface area contributed by atoms with Crippen LogP contribution in [-0.4, -0.2) is 0 Å². The van der Waals surface area contributed by atoms with Crippen molar-refractivity contribution < 1.29 is 0 Å². The number of fused-ring (bicyclic) bond motifs is 5. The van der Waals surface area contributed by atoms with E-state index in [9.17, 15) is 0 Å². The van der Waals surface area contributed by atoms with Gasteiger partial charge in [0.1, 0.15) is 0 Å². The van der Waals surface area contributed by atoms with E-state index in [-0.39, 0.29) is 11.8 Å². The van der Waals surface area contributed by atoms with Crippen molar-refractivity contribution in [1.82, 2.24) is 0 Å². The Morgan fingerprint density at radius 3 is 1.63 bits per heavy atom. The maximum absolute atomic E-state index is 2.49. The molecule has 0 N–H and O–H groups in total. The summed E-state index contributed by atoms with van der Waals surface area (Å²) in [5.41, 5.74) is 13.4. The molecular weight excluding hydrogens is 553 g/mol. The zero-order valence-electron chi connectivity index (χ0n) is 25.6. The molecule has 4 unspecified atom stereocenters. The third kappa shape index (κ3) is 4.37. The van der Waals surface area contributed by atoms with Gasteiger partial charge in [0.15, 0.2) is 0 Å². The molecule has 0 nitrogen and oxygen atoms in total. The van der Waals surface area contributed by atoms with Gasteiger partial charge in [-0.05, 0) is 72.2 Å². The van der Waals surface area contributed by atoms with Gasteiger partial charge in [0.25, 0.3) is 0 Å². The normalized spacial score (nSPS) is 22.0. The van der Waals surface area contributed by atoms with Crippen LogP contribution in [0.5, 0.6) is 0 Å². The lowest BCUT2D eigenvalue weighted by Gasteiger charge is -2.39. The van der Waals surface area contributed by atoms with Gasteiger partial charge in [-0.2, -0.15) is 0 Å². The summed E-state index contributed by atoms with van der Waals surface area (Å²) >= 11 is 0. The molecule has 5 aromatic carbocycles. The molecule has 0 bridgehead atoms. The van der Waals surface area contributed by atoms with Crippen LogP contribution in [0.3, 0.4) is 0 Å². The SMILES string of the molecule is C1=CC2C(C3=Cc4ccccc4C4C=CC=CC34)=c3ccccc3=C(c3ccc(-c4ccccc4)c(-c4ccccc4)c3)C2C=C1. The first-order valence-electron chi connectivity index (χ1n) is 16.4. The molecule has 0 spiro atoms. The number of benzene rings is 5. The molecule has 0 saturated heterocycles. The van der Waals surface area contributed by atoms with Gasteiger partial charge in [-0.1, -0.05) is 176 Å². The Bertz CT molecular complexity index is 2260. The molecule has 46 heavy (non-hydrogen) atoms. The summed E-state index contributed by atoms with van der Waals surface area (Å²) in [6.07, 6.45) is 21.2. The predicted molar refractivity (Wildman–Crippen MR) is 193 cm³/mol. The molecule has 0 amide bonds. The lowest BCUT2D eigenvalue weighted by Crippen LogP contribution is -2.41. The van der Waals surface area contributed by atoms with Crippen molar-refractivity contribution in [1.29, 1.82) is 0 Å². The molecule has 4 aliphatic carbocycles. The fourth-order valence-corrected chi connectivity index (χ4v) is 8.27. The van der Waals surface area contributed by atoms with Crippen LogP contribution in [-0.2, 0) is 0 Å². The van der Waals surface area contributed by atoms with Crippen LogP contribution in [0, 0.1) is 17.8 Å². The first-order valence-corrected chi connectivity index (χ1v) is 16.4. The molecule has 0 heterocycles. The molecule has 5 aromatic rings. The van der Waals surface area contributed by atoms with Crippen LogP contribution >= 0.6 is 0 Å². The summed E-state index contributed by atoms with van der Waals surface area (Å²) in [4.78, 5) is 0. The largest absolute Gasteiger partial charge is 0.0761 e. The van der Waals surface area contributed by atoms with Gasteiger partial charge in [0.05, 0.1) is 0 Å². The third-order valence-electron chi connectivity index (χ3n) is 10.3. The van der Waals surface area contributed by atoms with Crippen molar-refractivity contribution in [3.8, 4) is 22.3 Å². The van der Waals surface area contributed by atoms with E-state index < -0.39 is 0 Å². The van der Waals surface area contributed by atoms with Crippen LogP contribution < -0.4 is 10.4 Å². The highest BCUT2D eigenvalue weighted by Gasteiger charge is 2.38. The van der Waals surface area contributed by atoms with Crippen LogP contribution in [0.4, 0.5) is 0 Å². The Hall–Kier alpha value is -5.46. The summed E-state index contributed by atoms with van der Waals surface area (Å²) in [6, 6.07) is 46.9. The first kappa shape index (κ1) is 26.9. The monoisotopic (exact) mass is 586 g/mol. The molecule has 0 radical (unpaired) electrons. The van der Waals surface area contributed by atoms with Gasteiger partial charge in [0.2, 0.25) is 0 Å². The number of hydrogen-bond donors (Lipinski definition) is 0. The van der Waals surface area contributed by atoms with Crippen LogP contribution in [0.2, 0.25) is 0 Å². The minimum atomic E-state index is 0.237. The second-order valence-electron chi connectivity index (χ2n) is 12.7. The summed E-state index contributed by atoms with van der Waals surface area (Å²) in [5, 5.41) is 2.70. The van der Waals surface area contributed by atoms with Gasteiger partial charge in [0, 0.05) is 23.7 Å². The average Bonchev–Trinajstić information content (AvgIpc) is 3.14. The highest BCUT2D eigenvalue weighted by molar-refractivity contribution is 5.90. The smallest absolute Gasteiger partial charge is 0.0137 e. The fraction of sp³-hybridized carbons (Fsp3) is 0.0870. The van der Waals surface area contributed by atoms with Gasteiger partial charge < -0.3 is 0 Å². The standard InChI is InChI=1S/C46H34/c1-3-15-31(16-4-1)36-28-27-34(30-43(36)32-17-5-2-6-18-32)45-39-23-11-13-25-41(39)46(42-26-14-12-24-40(42)45)44-29-33-19-7-8-20-35(33)37-21-9-10-22-38(37)44/h1-30,37-39,41H.